The van der Waals surface area contributed by atoms with E-state index >= 15 is 0 Å². The van der Waals surface area contributed by atoms with Crippen LogP contribution in [0.2, 0.25) is 0 Å². The molecule has 0 unspecified atom stereocenters. The number of rotatable bonds is 2. The summed E-state index contributed by atoms with van der Waals surface area (Å²) in [6.45, 7) is 10.9. The molecular formula is C24H27N2O+. The monoisotopic (exact) mass is 359 g/mol. The Kier molecular flexibility index (Phi) is 4.06. The summed E-state index contributed by atoms with van der Waals surface area (Å²) in [6.07, 6.45) is 3.08. The number of hydrogen-bond acceptors (Lipinski definition) is 2. The van der Waals surface area contributed by atoms with Gasteiger partial charge < -0.3 is 4.42 Å². The summed E-state index contributed by atoms with van der Waals surface area (Å²) in [5, 5.41) is 2.21. The highest BCUT2D eigenvalue weighted by Gasteiger charge is 2.21. The fourth-order valence-electron chi connectivity index (χ4n) is 3.82. The molecular weight excluding hydrogens is 332 g/mol. The molecule has 0 spiro atoms. The minimum atomic E-state index is 0.199. The zero-order chi connectivity index (χ0) is 19.3. The maximum atomic E-state index is 6.33. The number of hydrogen-bond donors (Lipinski definition) is 0. The van der Waals surface area contributed by atoms with Gasteiger partial charge in [-0.15, -0.1) is 0 Å². The van der Waals surface area contributed by atoms with Gasteiger partial charge in [0.1, 0.15) is 7.05 Å². The highest BCUT2D eigenvalue weighted by molar-refractivity contribution is 6.08. The molecule has 0 N–H and O–H groups in total. The first-order valence-electron chi connectivity index (χ1n) is 9.51. The standard InChI is InChI=1S/C24H27N2O/c1-15-7-12-20(26(6)14-15)21-16(2)8-10-18-19-11-9-17(13-24(3,4)5)25-23(19)27-22(18)21/h7-12,14H,13H2,1-6H3/q+1. The van der Waals surface area contributed by atoms with E-state index in [9.17, 15) is 0 Å². The topological polar surface area (TPSA) is 29.9 Å². The van der Waals surface area contributed by atoms with E-state index in [0.717, 1.165) is 45.4 Å². The summed E-state index contributed by atoms with van der Waals surface area (Å²) in [5.74, 6) is 0. The summed E-state index contributed by atoms with van der Waals surface area (Å²) in [6, 6.07) is 12.9. The van der Waals surface area contributed by atoms with Crippen LogP contribution in [0.15, 0.2) is 47.0 Å². The molecule has 0 bridgehead atoms. The number of benzene rings is 1. The third-order valence-electron chi connectivity index (χ3n) is 5.02. The molecule has 0 radical (unpaired) electrons. The van der Waals surface area contributed by atoms with Crippen molar-refractivity contribution < 1.29 is 8.98 Å². The maximum absolute atomic E-state index is 6.33. The van der Waals surface area contributed by atoms with Crippen molar-refractivity contribution in [2.45, 2.75) is 41.0 Å². The van der Waals surface area contributed by atoms with E-state index in [0.29, 0.717) is 0 Å². The van der Waals surface area contributed by atoms with Crippen LogP contribution in [0.4, 0.5) is 0 Å². The minimum absolute atomic E-state index is 0.199. The van der Waals surface area contributed by atoms with E-state index < -0.39 is 0 Å². The van der Waals surface area contributed by atoms with Crippen molar-refractivity contribution in [2.75, 3.05) is 0 Å². The van der Waals surface area contributed by atoms with Crippen LogP contribution >= 0.6 is 0 Å². The van der Waals surface area contributed by atoms with Crippen molar-refractivity contribution in [1.29, 1.82) is 0 Å². The molecule has 4 rings (SSSR count). The van der Waals surface area contributed by atoms with Crippen molar-refractivity contribution in [3.63, 3.8) is 0 Å². The van der Waals surface area contributed by atoms with Crippen molar-refractivity contribution in [3.05, 3.63) is 59.4 Å². The fourth-order valence-corrected chi connectivity index (χ4v) is 3.82. The SMILES string of the molecule is Cc1ccc(-c2c(C)ccc3c2oc2nc(CC(C)(C)C)ccc23)[n+](C)c1. The zero-order valence-corrected chi connectivity index (χ0v) is 17.1. The molecule has 1 aromatic carbocycles. The lowest BCUT2D eigenvalue weighted by atomic mass is 9.90. The van der Waals surface area contributed by atoms with Crippen LogP contribution in [0, 0.1) is 19.3 Å². The first kappa shape index (κ1) is 17.7. The van der Waals surface area contributed by atoms with Crippen LogP contribution in [-0.2, 0) is 13.5 Å². The van der Waals surface area contributed by atoms with E-state index in [1.807, 2.05) is 0 Å². The van der Waals surface area contributed by atoms with Gasteiger partial charge in [0.05, 0.1) is 5.56 Å². The lowest BCUT2D eigenvalue weighted by Crippen LogP contribution is -2.31. The number of nitrogens with zero attached hydrogens (tertiary/aromatic N) is 2. The van der Waals surface area contributed by atoms with Gasteiger partial charge in [-0.25, -0.2) is 9.55 Å². The van der Waals surface area contributed by atoms with Gasteiger partial charge in [-0.05, 0) is 49.4 Å². The predicted octanol–water partition coefficient (Wildman–Crippen LogP) is 5.68. The molecule has 0 aliphatic rings. The van der Waals surface area contributed by atoms with E-state index in [2.05, 4.69) is 88.8 Å². The van der Waals surface area contributed by atoms with Gasteiger partial charge in [-0.1, -0.05) is 32.9 Å². The van der Waals surface area contributed by atoms with Crippen LogP contribution in [-0.4, -0.2) is 4.98 Å². The van der Waals surface area contributed by atoms with Crippen molar-refractivity contribution in [3.8, 4) is 11.3 Å². The predicted molar refractivity (Wildman–Crippen MR) is 111 cm³/mol. The highest BCUT2D eigenvalue weighted by atomic mass is 16.3. The molecule has 3 heteroatoms. The first-order valence-corrected chi connectivity index (χ1v) is 9.51. The Morgan fingerprint density at radius 3 is 2.41 bits per heavy atom. The second-order valence-corrected chi connectivity index (χ2v) is 8.83. The molecule has 0 atom stereocenters. The number of pyridine rings is 2. The third-order valence-corrected chi connectivity index (χ3v) is 5.02. The van der Waals surface area contributed by atoms with Gasteiger partial charge in [-0.3, -0.25) is 0 Å². The Bertz CT molecular complexity index is 1160. The molecule has 0 saturated carbocycles. The largest absolute Gasteiger partial charge is 0.437 e. The van der Waals surface area contributed by atoms with Crippen LogP contribution in [0.1, 0.15) is 37.6 Å². The number of furan rings is 1. The Morgan fingerprint density at radius 1 is 0.963 bits per heavy atom. The molecule has 4 aromatic rings. The maximum Gasteiger partial charge on any atom is 0.227 e. The number of fused-ring (bicyclic) bond motifs is 3. The molecule has 0 aliphatic carbocycles. The lowest BCUT2D eigenvalue weighted by Gasteiger charge is -2.16. The molecule has 138 valence electrons. The average molecular weight is 359 g/mol. The molecule has 3 aromatic heterocycles. The molecule has 0 amide bonds. The molecule has 3 heterocycles. The fraction of sp³-hybridized carbons (Fsp3) is 0.333. The van der Waals surface area contributed by atoms with E-state index in [4.69, 9.17) is 9.40 Å². The molecule has 27 heavy (non-hydrogen) atoms. The highest BCUT2D eigenvalue weighted by Crippen LogP contribution is 2.36. The number of aryl methyl sites for hydroxylation is 3. The van der Waals surface area contributed by atoms with Gasteiger partial charge >= 0.3 is 0 Å². The molecule has 0 saturated heterocycles. The first-order chi connectivity index (χ1) is 12.7. The zero-order valence-electron chi connectivity index (χ0n) is 17.1. The van der Waals surface area contributed by atoms with Gasteiger partial charge in [-0.2, -0.15) is 0 Å². The molecule has 3 nitrogen and oxygen atoms in total. The number of aromatic nitrogens is 2. The Hall–Kier alpha value is -2.68. The van der Waals surface area contributed by atoms with E-state index in [1.165, 1.54) is 11.1 Å². The Balaban J connectivity index is 1.97. The smallest absolute Gasteiger partial charge is 0.227 e. The van der Waals surface area contributed by atoms with E-state index in [-0.39, 0.29) is 5.41 Å². The van der Waals surface area contributed by atoms with Crippen molar-refractivity contribution in [1.82, 2.24) is 4.98 Å². The third kappa shape index (κ3) is 3.23. The second kappa shape index (κ2) is 6.19. The summed E-state index contributed by atoms with van der Waals surface area (Å²) >= 11 is 0. The summed E-state index contributed by atoms with van der Waals surface area (Å²) in [7, 11) is 2.09. The second-order valence-electron chi connectivity index (χ2n) is 8.83. The normalized spacial score (nSPS) is 12.2. The van der Waals surface area contributed by atoms with E-state index in [1.54, 1.807) is 0 Å². The van der Waals surface area contributed by atoms with Gasteiger partial charge in [0.2, 0.25) is 11.4 Å². The van der Waals surface area contributed by atoms with Crippen molar-refractivity contribution in [2.24, 2.45) is 12.5 Å². The van der Waals surface area contributed by atoms with Crippen LogP contribution in [0.3, 0.4) is 0 Å². The van der Waals surface area contributed by atoms with Gasteiger partial charge in [0.15, 0.2) is 11.8 Å². The molecule has 0 aliphatic heterocycles. The minimum Gasteiger partial charge on any atom is -0.437 e. The summed E-state index contributed by atoms with van der Waals surface area (Å²) < 4.78 is 8.50. The summed E-state index contributed by atoms with van der Waals surface area (Å²) in [4.78, 5) is 4.83. The summed E-state index contributed by atoms with van der Waals surface area (Å²) in [5.41, 5.74) is 7.67. The van der Waals surface area contributed by atoms with Gasteiger partial charge in [0, 0.05) is 28.1 Å². The van der Waals surface area contributed by atoms with Gasteiger partial charge in [0.25, 0.3) is 0 Å². The van der Waals surface area contributed by atoms with Crippen LogP contribution < -0.4 is 4.57 Å². The van der Waals surface area contributed by atoms with Crippen LogP contribution in [0.25, 0.3) is 33.3 Å². The quantitative estimate of drug-likeness (QED) is 0.431. The Labute approximate surface area is 160 Å². The lowest BCUT2D eigenvalue weighted by molar-refractivity contribution is -0.660. The Morgan fingerprint density at radius 2 is 1.70 bits per heavy atom. The molecule has 0 fully saturated rings. The van der Waals surface area contributed by atoms with Crippen molar-refractivity contribution >= 4 is 22.1 Å². The average Bonchev–Trinajstić information content (AvgIpc) is 2.92. The van der Waals surface area contributed by atoms with Crippen LogP contribution in [0.5, 0.6) is 0 Å².